The van der Waals surface area contributed by atoms with Crippen LogP contribution in [-0.4, -0.2) is 13.0 Å². The first kappa shape index (κ1) is 15.0. The van der Waals surface area contributed by atoms with Crippen LogP contribution in [0.15, 0.2) is 48.1 Å². The highest BCUT2D eigenvalue weighted by Crippen LogP contribution is 2.16. The molecule has 19 heavy (non-hydrogen) atoms. The molecule has 1 amide bonds. The summed E-state index contributed by atoms with van der Waals surface area (Å²) in [6, 6.07) is 7.32. The van der Waals surface area contributed by atoms with Crippen molar-refractivity contribution in [3.05, 3.63) is 48.1 Å². The first-order valence-corrected chi connectivity index (χ1v) is 6.41. The number of allylic oxidation sites excluding steroid dienone is 4. The molecule has 3 nitrogen and oxygen atoms in total. The molecule has 0 spiro atoms. The third-order valence-electron chi connectivity index (χ3n) is 2.77. The molecular weight excluding hydrogens is 238 g/mol. The molecule has 102 valence electrons. The van der Waals surface area contributed by atoms with Crippen LogP contribution in [0.4, 0.5) is 5.69 Å². The third-order valence-corrected chi connectivity index (χ3v) is 2.77. The first-order chi connectivity index (χ1) is 9.19. The summed E-state index contributed by atoms with van der Waals surface area (Å²) < 4.78 is 5.07. The predicted octanol–water partition coefficient (Wildman–Crippen LogP) is 3.94. The molecule has 0 atom stereocenters. The summed E-state index contributed by atoms with van der Waals surface area (Å²) in [7, 11) is 1.62. The van der Waals surface area contributed by atoms with Crippen LogP contribution in [0.2, 0.25) is 0 Å². The van der Waals surface area contributed by atoms with Crippen molar-refractivity contribution in [1.29, 1.82) is 0 Å². The van der Waals surface area contributed by atoms with Gasteiger partial charge in [-0.3, -0.25) is 4.79 Å². The van der Waals surface area contributed by atoms with E-state index in [-0.39, 0.29) is 5.91 Å². The lowest BCUT2D eigenvalue weighted by atomic mass is 10.1. The Morgan fingerprint density at radius 2 is 1.89 bits per heavy atom. The van der Waals surface area contributed by atoms with Gasteiger partial charge in [0.25, 0.3) is 0 Å². The van der Waals surface area contributed by atoms with Crippen LogP contribution in [-0.2, 0) is 4.79 Å². The van der Waals surface area contributed by atoms with Crippen LogP contribution < -0.4 is 10.1 Å². The zero-order valence-corrected chi connectivity index (χ0v) is 11.8. The van der Waals surface area contributed by atoms with Crippen LogP contribution in [0.3, 0.4) is 0 Å². The minimum absolute atomic E-state index is 0.0222. The van der Waals surface area contributed by atoms with Crippen molar-refractivity contribution in [3.8, 4) is 5.75 Å². The highest BCUT2D eigenvalue weighted by molar-refractivity contribution is 5.90. The summed E-state index contributed by atoms with van der Waals surface area (Å²) in [6.45, 7) is 3.96. The lowest BCUT2D eigenvalue weighted by Gasteiger charge is -2.06. The van der Waals surface area contributed by atoms with Crippen LogP contribution >= 0.6 is 0 Å². The minimum Gasteiger partial charge on any atom is -0.497 e. The number of nitrogens with one attached hydrogen (secondary N) is 1. The summed E-state index contributed by atoms with van der Waals surface area (Å²) in [4.78, 5) is 11.8. The van der Waals surface area contributed by atoms with E-state index in [1.54, 1.807) is 7.11 Å². The van der Waals surface area contributed by atoms with Crippen molar-refractivity contribution >= 4 is 11.6 Å². The van der Waals surface area contributed by atoms with Gasteiger partial charge < -0.3 is 10.1 Å². The van der Waals surface area contributed by atoms with E-state index in [0.717, 1.165) is 17.9 Å². The Hall–Kier alpha value is -2.03. The first-order valence-electron chi connectivity index (χ1n) is 6.41. The van der Waals surface area contributed by atoms with Gasteiger partial charge in [0.2, 0.25) is 5.91 Å². The van der Waals surface area contributed by atoms with E-state index >= 15 is 0 Å². The molecular formula is C16H21NO2. The van der Waals surface area contributed by atoms with Crippen molar-refractivity contribution < 1.29 is 9.53 Å². The number of carbonyl (C=O) groups excluding carboxylic acids is 1. The molecule has 0 bridgehead atoms. The predicted molar refractivity (Wildman–Crippen MR) is 79.4 cm³/mol. The average molecular weight is 259 g/mol. The highest BCUT2D eigenvalue weighted by atomic mass is 16.5. The zero-order chi connectivity index (χ0) is 14.1. The molecule has 1 N–H and O–H groups in total. The highest BCUT2D eigenvalue weighted by Gasteiger charge is 2.03. The van der Waals surface area contributed by atoms with Gasteiger partial charge in [-0.05, 0) is 44.5 Å². The summed E-state index contributed by atoms with van der Waals surface area (Å²) in [5.74, 6) is 0.802. The molecule has 0 heterocycles. The van der Waals surface area contributed by atoms with E-state index in [1.807, 2.05) is 56.3 Å². The largest absolute Gasteiger partial charge is 0.497 e. The maximum Gasteiger partial charge on any atom is 0.224 e. The van der Waals surface area contributed by atoms with Crippen molar-refractivity contribution in [3.63, 3.8) is 0 Å². The fourth-order valence-electron chi connectivity index (χ4n) is 1.69. The van der Waals surface area contributed by atoms with Gasteiger partial charge in [-0.15, -0.1) is 0 Å². The van der Waals surface area contributed by atoms with Crippen molar-refractivity contribution in [2.24, 2.45) is 0 Å². The molecule has 0 saturated heterocycles. The molecule has 0 radical (unpaired) electrons. The number of methoxy groups -OCH3 is 1. The zero-order valence-electron chi connectivity index (χ0n) is 11.8. The maximum absolute atomic E-state index is 11.8. The Bertz CT molecular complexity index is 458. The van der Waals surface area contributed by atoms with Gasteiger partial charge in [0.05, 0.1) is 7.11 Å². The van der Waals surface area contributed by atoms with E-state index in [0.29, 0.717) is 6.42 Å². The van der Waals surface area contributed by atoms with Gasteiger partial charge in [0.1, 0.15) is 5.75 Å². The van der Waals surface area contributed by atoms with Crippen molar-refractivity contribution in [2.75, 3.05) is 12.4 Å². The Kier molecular flexibility index (Phi) is 6.44. The van der Waals surface area contributed by atoms with Crippen LogP contribution in [0.1, 0.15) is 26.7 Å². The molecule has 0 aromatic heterocycles. The Labute approximate surface area is 115 Å². The van der Waals surface area contributed by atoms with Gasteiger partial charge >= 0.3 is 0 Å². The number of anilines is 1. The van der Waals surface area contributed by atoms with Gasteiger partial charge in [0, 0.05) is 12.1 Å². The quantitative estimate of drug-likeness (QED) is 0.786. The van der Waals surface area contributed by atoms with E-state index in [2.05, 4.69) is 5.32 Å². The van der Waals surface area contributed by atoms with E-state index in [9.17, 15) is 4.79 Å². The van der Waals surface area contributed by atoms with E-state index in [4.69, 9.17) is 4.74 Å². The van der Waals surface area contributed by atoms with Crippen molar-refractivity contribution in [2.45, 2.75) is 26.7 Å². The summed E-state index contributed by atoms with van der Waals surface area (Å²) >= 11 is 0. The molecule has 1 aromatic carbocycles. The molecule has 0 fully saturated rings. The SMILES string of the molecule is C/C=C\C(=C/C)CCC(=O)Nc1ccc(OC)cc1. The summed E-state index contributed by atoms with van der Waals surface area (Å²) in [5.41, 5.74) is 1.96. The molecule has 0 aliphatic carbocycles. The molecule has 0 unspecified atom stereocenters. The van der Waals surface area contributed by atoms with Gasteiger partial charge in [0.15, 0.2) is 0 Å². The Morgan fingerprint density at radius 1 is 1.21 bits per heavy atom. The summed E-state index contributed by atoms with van der Waals surface area (Å²) in [6.07, 6.45) is 7.27. The number of carbonyl (C=O) groups is 1. The third kappa shape index (κ3) is 5.42. The van der Waals surface area contributed by atoms with Crippen LogP contribution in [0.25, 0.3) is 0 Å². The molecule has 0 aliphatic heterocycles. The molecule has 0 aliphatic rings. The Morgan fingerprint density at radius 3 is 2.42 bits per heavy atom. The average Bonchev–Trinajstić information content (AvgIpc) is 2.44. The Balaban J connectivity index is 2.46. The number of benzene rings is 1. The van der Waals surface area contributed by atoms with E-state index < -0.39 is 0 Å². The standard InChI is InChI=1S/C16H21NO2/c1-4-6-13(5-2)7-12-16(18)17-14-8-10-15(19-3)11-9-14/h4-6,8-11H,7,12H2,1-3H3,(H,17,18)/b6-4-,13-5+. The lowest BCUT2D eigenvalue weighted by molar-refractivity contribution is -0.116. The second-order valence-electron chi connectivity index (χ2n) is 4.14. The van der Waals surface area contributed by atoms with Gasteiger partial charge in [-0.25, -0.2) is 0 Å². The molecule has 0 saturated carbocycles. The fourth-order valence-corrected chi connectivity index (χ4v) is 1.69. The van der Waals surface area contributed by atoms with Crippen LogP contribution in [0.5, 0.6) is 5.75 Å². The molecule has 3 heteroatoms. The second-order valence-corrected chi connectivity index (χ2v) is 4.14. The number of hydrogen-bond acceptors (Lipinski definition) is 2. The fraction of sp³-hybridized carbons (Fsp3) is 0.312. The van der Waals surface area contributed by atoms with Crippen LogP contribution in [0, 0.1) is 0 Å². The number of ether oxygens (including phenoxy) is 1. The molecule has 1 aromatic rings. The minimum atomic E-state index is 0.0222. The topological polar surface area (TPSA) is 38.3 Å². The lowest BCUT2D eigenvalue weighted by Crippen LogP contribution is -2.11. The van der Waals surface area contributed by atoms with Gasteiger partial charge in [-0.2, -0.15) is 0 Å². The summed E-state index contributed by atoms with van der Waals surface area (Å²) in [5, 5.41) is 2.87. The maximum atomic E-state index is 11.8. The van der Waals surface area contributed by atoms with E-state index in [1.165, 1.54) is 5.57 Å². The molecule has 1 rings (SSSR count). The normalized spacial score (nSPS) is 11.6. The van der Waals surface area contributed by atoms with Crippen molar-refractivity contribution in [1.82, 2.24) is 0 Å². The monoisotopic (exact) mass is 259 g/mol. The smallest absolute Gasteiger partial charge is 0.224 e. The number of rotatable bonds is 6. The number of hydrogen-bond donors (Lipinski definition) is 1. The number of amides is 1. The van der Waals surface area contributed by atoms with Gasteiger partial charge in [-0.1, -0.05) is 23.8 Å². The second kappa shape index (κ2) is 8.14.